The number of nitrogens with one attached hydrogen (secondary N) is 2. The van der Waals surface area contributed by atoms with E-state index in [1.54, 1.807) is 6.07 Å². The second kappa shape index (κ2) is 6.52. The van der Waals surface area contributed by atoms with Gasteiger partial charge in [-0.1, -0.05) is 19.1 Å². The molecule has 1 atom stereocenters. The number of carbonyl (C=O) groups excluding carboxylic acids is 3. The zero-order chi connectivity index (χ0) is 15.4. The van der Waals surface area contributed by atoms with E-state index in [1.165, 1.54) is 0 Å². The fourth-order valence-electron chi connectivity index (χ4n) is 2.73. The van der Waals surface area contributed by atoms with E-state index in [1.807, 2.05) is 26.1 Å². The Kier molecular flexibility index (Phi) is 4.73. The Labute approximate surface area is 124 Å². The largest absolute Gasteiger partial charge is 0.388 e. The number of imide groups is 1. The van der Waals surface area contributed by atoms with Gasteiger partial charge in [0.15, 0.2) is 5.78 Å². The highest BCUT2D eigenvalue weighted by Crippen LogP contribution is 2.25. The summed E-state index contributed by atoms with van der Waals surface area (Å²) in [5.74, 6) is -1.03. The maximum Gasteiger partial charge on any atom is 0.230 e. The molecule has 5 heteroatoms. The lowest BCUT2D eigenvalue weighted by molar-refractivity contribution is -0.136. The molecular formula is C16H20N2O3. The molecule has 2 rings (SSSR count). The third kappa shape index (κ3) is 3.29. The van der Waals surface area contributed by atoms with Crippen molar-refractivity contribution in [3.05, 3.63) is 29.3 Å². The van der Waals surface area contributed by atoms with E-state index in [-0.39, 0.29) is 24.0 Å². The molecule has 0 aromatic heterocycles. The van der Waals surface area contributed by atoms with Gasteiger partial charge in [0.25, 0.3) is 0 Å². The predicted molar refractivity (Wildman–Crippen MR) is 80.2 cm³/mol. The summed E-state index contributed by atoms with van der Waals surface area (Å²) in [7, 11) is 1.82. The Morgan fingerprint density at radius 1 is 1.38 bits per heavy atom. The molecule has 1 aromatic carbocycles. The summed E-state index contributed by atoms with van der Waals surface area (Å²) in [4.78, 5) is 35.4. The summed E-state index contributed by atoms with van der Waals surface area (Å²) < 4.78 is 0. The first-order valence-corrected chi connectivity index (χ1v) is 7.23. The molecule has 2 N–H and O–H groups in total. The van der Waals surface area contributed by atoms with E-state index in [2.05, 4.69) is 10.6 Å². The number of anilines is 1. The maximum absolute atomic E-state index is 12.5. The van der Waals surface area contributed by atoms with Crippen LogP contribution < -0.4 is 10.6 Å². The zero-order valence-corrected chi connectivity index (χ0v) is 12.4. The van der Waals surface area contributed by atoms with Crippen molar-refractivity contribution in [1.82, 2.24) is 5.32 Å². The minimum atomic E-state index is -0.404. The number of carbonyl (C=O) groups is 3. The van der Waals surface area contributed by atoms with E-state index in [4.69, 9.17) is 0 Å². The van der Waals surface area contributed by atoms with Crippen LogP contribution >= 0.6 is 0 Å². The molecule has 0 aliphatic carbocycles. The molecule has 2 amide bonds. The normalized spacial score (nSPS) is 18.3. The lowest BCUT2D eigenvalue weighted by atomic mass is 9.89. The molecule has 1 heterocycles. The van der Waals surface area contributed by atoms with E-state index >= 15 is 0 Å². The summed E-state index contributed by atoms with van der Waals surface area (Å²) >= 11 is 0. The molecule has 0 radical (unpaired) electrons. The SMILES string of the molecule is CCc1c(NC)cccc1C(=O)CC1CCC(=O)NC1=O. The topological polar surface area (TPSA) is 75.3 Å². The van der Waals surface area contributed by atoms with Gasteiger partial charge < -0.3 is 5.32 Å². The summed E-state index contributed by atoms with van der Waals surface area (Å²) in [6, 6.07) is 5.57. The number of Topliss-reactive ketones (excluding diaryl/α,β-unsaturated/α-hetero) is 1. The molecule has 1 aromatic rings. The molecule has 1 aliphatic rings. The summed E-state index contributed by atoms with van der Waals surface area (Å²) in [5.41, 5.74) is 2.57. The van der Waals surface area contributed by atoms with Crippen LogP contribution in [0.4, 0.5) is 5.69 Å². The Bertz CT molecular complexity index is 581. The van der Waals surface area contributed by atoms with Crippen LogP contribution in [0.15, 0.2) is 18.2 Å². The highest BCUT2D eigenvalue weighted by atomic mass is 16.2. The number of ketones is 1. The van der Waals surface area contributed by atoms with Gasteiger partial charge in [0.2, 0.25) is 11.8 Å². The van der Waals surface area contributed by atoms with Crippen molar-refractivity contribution in [2.75, 3.05) is 12.4 Å². The molecule has 0 saturated carbocycles. The van der Waals surface area contributed by atoms with Gasteiger partial charge in [-0.15, -0.1) is 0 Å². The summed E-state index contributed by atoms with van der Waals surface area (Å²) in [5, 5.41) is 5.38. The highest BCUT2D eigenvalue weighted by molar-refractivity contribution is 6.04. The number of benzene rings is 1. The third-order valence-electron chi connectivity index (χ3n) is 3.88. The zero-order valence-electron chi connectivity index (χ0n) is 12.4. The number of amides is 2. The highest BCUT2D eigenvalue weighted by Gasteiger charge is 2.29. The van der Waals surface area contributed by atoms with Crippen LogP contribution in [0.1, 0.15) is 42.1 Å². The predicted octanol–water partition coefficient (Wildman–Crippen LogP) is 1.92. The first-order chi connectivity index (χ1) is 10.1. The summed E-state index contributed by atoms with van der Waals surface area (Å²) in [6.45, 7) is 2.00. The maximum atomic E-state index is 12.5. The van der Waals surface area contributed by atoms with Crippen molar-refractivity contribution in [3.63, 3.8) is 0 Å². The lowest BCUT2D eigenvalue weighted by Gasteiger charge is -2.21. The average Bonchev–Trinajstić information content (AvgIpc) is 2.49. The van der Waals surface area contributed by atoms with Gasteiger partial charge >= 0.3 is 0 Å². The second-order valence-electron chi connectivity index (χ2n) is 5.21. The van der Waals surface area contributed by atoms with Crippen molar-refractivity contribution in [2.45, 2.75) is 32.6 Å². The molecule has 112 valence electrons. The summed E-state index contributed by atoms with van der Waals surface area (Å²) in [6.07, 6.45) is 1.65. The van der Waals surface area contributed by atoms with Gasteiger partial charge in [-0.05, 0) is 24.5 Å². The van der Waals surface area contributed by atoms with Crippen LogP contribution in [0.25, 0.3) is 0 Å². The van der Waals surface area contributed by atoms with E-state index < -0.39 is 5.92 Å². The van der Waals surface area contributed by atoms with Gasteiger partial charge in [0.05, 0.1) is 0 Å². The van der Waals surface area contributed by atoms with Crippen LogP contribution in [0.5, 0.6) is 0 Å². The molecule has 1 unspecified atom stereocenters. The third-order valence-corrected chi connectivity index (χ3v) is 3.88. The fourth-order valence-corrected chi connectivity index (χ4v) is 2.73. The van der Waals surface area contributed by atoms with E-state index in [9.17, 15) is 14.4 Å². The number of piperidine rings is 1. The lowest BCUT2D eigenvalue weighted by Crippen LogP contribution is -2.41. The van der Waals surface area contributed by atoms with Crippen molar-refractivity contribution < 1.29 is 14.4 Å². The van der Waals surface area contributed by atoms with Crippen molar-refractivity contribution in [1.29, 1.82) is 0 Å². The van der Waals surface area contributed by atoms with Crippen LogP contribution in [-0.4, -0.2) is 24.6 Å². The number of hydrogen-bond donors (Lipinski definition) is 2. The molecule has 1 saturated heterocycles. The molecule has 1 aliphatic heterocycles. The quantitative estimate of drug-likeness (QED) is 0.641. The second-order valence-corrected chi connectivity index (χ2v) is 5.21. The van der Waals surface area contributed by atoms with Crippen molar-refractivity contribution in [3.8, 4) is 0 Å². The van der Waals surface area contributed by atoms with Gasteiger partial charge in [-0.2, -0.15) is 0 Å². The van der Waals surface area contributed by atoms with Gasteiger partial charge in [0.1, 0.15) is 0 Å². The first kappa shape index (κ1) is 15.2. The van der Waals surface area contributed by atoms with Crippen molar-refractivity contribution in [2.24, 2.45) is 5.92 Å². The van der Waals surface area contributed by atoms with Gasteiger partial charge in [0, 0.05) is 37.1 Å². The molecule has 5 nitrogen and oxygen atoms in total. The average molecular weight is 288 g/mol. The Morgan fingerprint density at radius 3 is 2.76 bits per heavy atom. The Balaban J connectivity index is 2.17. The Hall–Kier alpha value is -2.17. The monoisotopic (exact) mass is 288 g/mol. The van der Waals surface area contributed by atoms with Crippen molar-refractivity contribution >= 4 is 23.3 Å². The van der Waals surface area contributed by atoms with Crippen LogP contribution in [-0.2, 0) is 16.0 Å². The molecule has 0 spiro atoms. The minimum Gasteiger partial charge on any atom is -0.388 e. The van der Waals surface area contributed by atoms with E-state index in [0.29, 0.717) is 18.4 Å². The minimum absolute atomic E-state index is 0.0431. The van der Waals surface area contributed by atoms with Crippen LogP contribution in [0.2, 0.25) is 0 Å². The van der Waals surface area contributed by atoms with Crippen LogP contribution in [0.3, 0.4) is 0 Å². The van der Waals surface area contributed by atoms with E-state index in [0.717, 1.165) is 17.7 Å². The fraction of sp³-hybridized carbons (Fsp3) is 0.438. The number of hydrogen-bond acceptors (Lipinski definition) is 4. The Morgan fingerprint density at radius 2 is 2.14 bits per heavy atom. The smallest absolute Gasteiger partial charge is 0.230 e. The first-order valence-electron chi connectivity index (χ1n) is 7.23. The van der Waals surface area contributed by atoms with Gasteiger partial charge in [-0.3, -0.25) is 19.7 Å². The number of rotatable bonds is 5. The molecule has 21 heavy (non-hydrogen) atoms. The molecule has 0 bridgehead atoms. The standard InChI is InChI=1S/C16H20N2O3/c1-3-11-12(5-4-6-13(11)17-2)14(19)9-10-7-8-15(20)18-16(10)21/h4-6,10,17H,3,7-9H2,1-2H3,(H,18,20,21). The molecular weight excluding hydrogens is 268 g/mol. The molecule has 1 fully saturated rings. The van der Waals surface area contributed by atoms with Gasteiger partial charge in [-0.25, -0.2) is 0 Å². The van der Waals surface area contributed by atoms with Crippen LogP contribution in [0, 0.1) is 5.92 Å².